The van der Waals surface area contributed by atoms with Crippen LogP contribution < -0.4 is 0 Å². The Morgan fingerprint density at radius 1 is 1.08 bits per heavy atom. The first-order chi connectivity index (χ1) is 5.20. The maximum absolute atomic E-state index is 10.6. The summed E-state index contributed by atoms with van der Waals surface area (Å²) in [6.07, 6.45) is -0.290. The molecule has 5 heteroatoms. The molecule has 68 valence electrons. The molecular formula is C7H14MgO4. The van der Waals surface area contributed by atoms with Gasteiger partial charge in [-0.15, -0.1) is 0 Å². The van der Waals surface area contributed by atoms with Crippen LogP contribution in [0.1, 0.15) is 23.1 Å². The van der Waals surface area contributed by atoms with E-state index in [2.05, 4.69) is 9.47 Å². The number of rotatable bonds is 4. The molecule has 0 atom stereocenters. The summed E-state index contributed by atoms with van der Waals surface area (Å²) in [5.74, 6) is -1.07. The van der Waals surface area contributed by atoms with E-state index < -0.39 is 11.9 Å². The van der Waals surface area contributed by atoms with Gasteiger partial charge in [0.1, 0.15) is 6.42 Å². The third kappa shape index (κ3) is 7.81. The summed E-state index contributed by atoms with van der Waals surface area (Å²) in [6.45, 7) is 3.95. The Balaban J connectivity index is -0.000000167. The third-order valence-electron chi connectivity index (χ3n) is 0.899. The molecule has 0 radical (unpaired) electrons. The van der Waals surface area contributed by atoms with Crippen LogP contribution in [0.4, 0.5) is 0 Å². The summed E-state index contributed by atoms with van der Waals surface area (Å²) in [5, 5.41) is 0. The summed E-state index contributed by atoms with van der Waals surface area (Å²) in [4.78, 5) is 21.2. The molecule has 0 spiro atoms. The molecule has 0 N–H and O–H groups in total. The van der Waals surface area contributed by atoms with Crippen molar-refractivity contribution in [3.05, 3.63) is 0 Å². The van der Waals surface area contributed by atoms with Crippen LogP contribution >= 0.6 is 0 Å². The van der Waals surface area contributed by atoms with Gasteiger partial charge in [0.15, 0.2) is 0 Å². The Bertz CT molecular complexity index is 139. The molecule has 0 fully saturated rings. The SMILES string of the molecule is CCOC(=O)CC(=O)OCC.[H-].[H-].[Mg+2]. The monoisotopic (exact) mass is 186 g/mol. The minimum absolute atomic E-state index is 0. The van der Waals surface area contributed by atoms with Gasteiger partial charge in [0.25, 0.3) is 0 Å². The Labute approximate surface area is 90.7 Å². The van der Waals surface area contributed by atoms with Gasteiger partial charge in [0.2, 0.25) is 0 Å². The number of esters is 2. The standard InChI is InChI=1S/C7H12O4.Mg.2H/c1-3-10-6(8)5-7(9)11-4-2;;;/h3-5H2,1-2H3;;;/q;+2;2*-1. The van der Waals surface area contributed by atoms with E-state index in [0.29, 0.717) is 0 Å². The molecular weight excluding hydrogens is 172 g/mol. The van der Waals surface area contributed by atoms with Crippen LogP contribution in [-0.4, -0.2) is 48.2 Å². The summed E-state index contributed by atoms with van der Waals surface area (Å²) in [5.41, 5.74) is 0. The van der Waals surface area contributed by atoms with Gasteiger partial charge in [-0.1, -0.05) is 0 Å². The van der Waals surface area contributed by atoms with Gasteiger partial charge >= 0.3 is 35.0 Å². The Kier molecular flexibility index (Phi) is 10.4. The predicted octanol–water partition coefficient (Wildman–Crippen LogP) is 0.347. The summed E-state index contributed by atoms with van der Waals surface area (Å²) < 4.78 is 9.04. The van der Waals surface area contributed by atoms with Gasteiger partial charge in [-0.3, -0.25) is 9.59 Å². The van der Waals surface area contributed by atoms with Crippen molar-refractivity contribution >= 4 is 35.0 Å². The van der Waals surface area contributed by atoms with Crippen LogP contribution in [0, 0.1) is 0 Å². The van der Waals surface area contributed by atoms with Gasteiger partial charge in [0.05, 0.1) is 13.2 Å². The van der Waals surface area contributed by atoms with Crippen molar-refractivity contribution in [3.8, 4) is 0 Å². The first kappa shape index (κ1) is 14.2. The molecule has 0 aromatic heterocycles. The van der Waals surface area contributed by atoms with Gasteiger partial charge in [-0.25, -0.2) is 0 Å². The Hall–Kier alpha value is -0.294. The molecule has 0 aliphatic heterocycles. The van der Waals surface area contributed by atoms with Crippen LogP contribution in [0.15, 0.2) is 0 Å². The quantitative estimate of drug-likeness (QED) is 0.361. The maximum Gasteiger partial charge on any atom is 2.00 e. The number of hydrogen-bond donors (Lipinski definition) is 0. The van der Waals surface area contributed by atoms with Crippen molar-refractivity contribution in [2.75, 3.05) is 13.2 Å². The Morgan fingerprint density at radius 3 is 1.67 bits per heavy atom. The second-order valence-electron chi connectivity index (χ2n) is 1.79. The summed E-state index contributed by atoms with van der Waals surface area (Å²) >= 11 is 0. The number of ether oxygens (including phenoxy) is 2. The van der Waals surface area contributed by atoms with E-state index >= 15 is 0 Å². The van der Waals surface area contributed by atoms with E-state index in [4.69, 9.17) is 0 Å². The predicted molar refractivity (Wildman–Crippen MR) is 45.9 cm³/mol. The average Bonchev–Trinajstić information content (AvgIpc) is 1.87. The third-order valence-corrected chi connectivity index (χ3v) is 0.899. The van der Waals surface area contributed by atoms with Crippen LogP contribution in [0.25, 0.3) is 0 Å². The van der Waals surface area contributed by atoms with E-state index in [1.807, 2.05) is 0 Å². The zero-order valence-electron chi connectivity index (χ0n) is 9.46. The summed E-state index contributed by atoms with van der Waals surface area (Å²) in [6, 6.07) is 0. The smallest absolute Gasteiger partial charge is 1.00 e. The fraction of sp³-hybridized carbons (Fsp3) is 0.714. The fourth-order valence-corrected chi connectivity index (χ4v) is 0.542. The molecule has 0 aromatic carbocycles. The van der Waals surface area contributed by atoms with E-state index in [9.17, 15) is 9.59 Å². The molecule has 0 amide bonds. The van der Waals surface area contributed by atoms with Crippen LogP contribution in [-0.2, 0) is 19.1 Å². The molecule has 12 heavy (non-hydrogen) atoms. The molecule has 0 rings (SSSR count). The van der Waals surface area contributed by atoms with Crippen molar-refractivity contribution < 1.29 is 21.9 Å². The van der Waals surface area contributed by atoms with E-state index in [-0.39, 0.29) is 45.5 Å². The van der Waals surface area contributed by atoms with Crippen molar-refractivity contribution in [3.63, 3.8) is 0 Å². The second-order valence-corrected chi connectivity index (χ2v) is 1.79. The van der Waals surface area contributed by atoms with Crippen molar-refractivity contribution in [2.24, 2.45) is 0 Å². The van der Waals surface area contributed by atoms with Gasteiger partial charge in [-0.2, -0.15) is 0 Å². The normalized spacial score (nSPS) is 8.17. The van der Waals surface area contributed by atoms with Crippen molar-refractivity contribution in [1.29, 1.82) is 0 Å². The molecule has 0 aliphatic carbocycles. The molecule has 0 saturated heterocycles. The zero-order chi connectivity index (χ0) is 8.69. The largest absolute Gasteiger partial charge is 2.00 e. The Morgan fingerprint density at radius 2 is 1.42 bits per heavy atom. The molecule has 4 nitrogen and oxygen atoms in total. The molecule has 0 bridgehead atoms. The first-order valence-corrected chi connectivity index (χ1v) is 3.52. The minimum Gasteiger partial charge on any atom is -1.00 e. The molecule has 0 heterocycles. The van der Waals surface area contributed by atoms with E-state index in [1.54, 1.807) is 13.8 Å². The fourth-order valence-electron chi connectivity index (χ4n) is 0.542. The molecule has 0 aromatic rings. The minimum atomic E-state index is -0.536. The topological polar surface area (TPSA) is 52.6 Å². The van der Waals surface area contributed by atoms with Crippen LogP contribution in [0.3, 0.4) is 0 Å². The first-order valence-electron chi connectivity index (χ1n) is 3.52. The maximum atomic E-state index is 10.6. The zero-order valence-corrected chi connectivity index (χ0v) is 8.88. The van der Waals surface area contributed by atoms with Crippen molar-refractivity contribution in [2.45, 2.75) is 20.3 Å². The molecule has 0 saturated carbocycles. The molecule has 0 unspecified atom stereocenters. The average molecular weight is 186 g/mol. The number of hydrogen-bond acceptors (Lipinski definition) is 4. The van der Waals surface area contributed by atoms with Crippen molar-refractivity contribution in [1.82, 2.24) is 0 Å². The number of carbonyl (C=O) groups excluding carboxylic acids is 2. The summed E-state index contributed by atoms with van der Waals surface area (Å²) in [7, 11) is 0. The van der Waals surface area contributed by atoms with Gasteiger partial charge < -0.3 is 12.3 Å². The van der Waals surface area contributed by atoms with Crippen LogP contribution in [0.2, 0.25) is 0 Å². The van der Waals surface area contributed by atoms with E-state index in [0.717, 1.165) is 0 Å². The number of carbonyl (C=O) groups is 2. The van der Waals surface area contributed by atoms with Crippen LogP contribution in [0.5, 0.6) is 0 Å². The molecule has 0 aliphatic rings. The van der Waals surface area contributed by atoms with Gasteiger partial charge in [-0.05, 0) is 13.8 Å². The van der Waals surface area contributed by atoms with E-state index in [1.165, 1.54) is 0 Å². The second kappa shape index (κ2) is 8.80. The van der Waals surface area contributed by atoms with Gasteiger partial charge in [0, 0.05) is 0 Å².